The molecule has 2 aliphatic rings. The molecule has 0 atom stereocenters. The van der Waals surface area contributed by atoms with Crippen LogP contribution in [-0.2, 0) is 13.1 Å². The van der Waals surface area contributed by atoms with Gasteiger partial charge in [0.05, 0.1) is 19.0 Å². The van der Waals surface area contributed by atoms with Crippen LogP contribution >= 0.6 is 0 Å². The standard InChI is InChI=1S/C30H36N4O/c1-22-14-15-27(18-23(22)2)33-20-32(17-16-25-10-6-4-7-11-25)21-34-29(35)28(24(3)31-30(33)34)19-26-12-8-5-9-13-26/h5,8-10,12-15,18H,4,6-7,11,16-17,19-21H2,1-3H3. The van der Waals surface area contributed by atoms with Gasteiger partial charge in [0.2, 0.25) is 5.95 Å². The molecule has 2 heterocycles. The van der Waals surface area contributed by atoms with Crippen molar-refractivity contribution in [3.05, 3.63) is 98.5 Å². The minimum Gasteiger partial charge on any atom is -0.298 e. The van der Waals surface area contributed by atoms with E-state index in [0.29, 0.717) is 13.1 Å². The molecule has 0 spiro atoms. The predicted octanol–water partition coefficient (Wildman–Crippen LogP) is 6.02. The lowest BCUT2D eigenvalue weighted by atomic mass is 9.97. The van der Waals surface area contributed by atoms with Crippen LogP contribution in [0.3, 0.4) is 0 Å². The van der Waals surface area contributed by atoms with E-state index in [1.54, 1.807) is 5.57 Å². The normalized spacial score (nSPS) is 16.2. The molecule has 182 valence electrons. The molecule has 1 aliphatic carbocycles. The summed E-state index contributed by atoms with van der Waals surface area (Å²) in [6.45, 7) is 8.51. The summed E-state index contributed by atoms with van der Waals surface area (Å²) in [7, 11) is 0. The lowest BCUT2D eigenvalue weighted by Gasteiger charge is -2.39. The summed E-state index contributed by atoms with van der Waals surface area (Å²) >= 11 is 0. The third kappa shape index (κ3) is 5.10. The second kappa shape index (κ2) is 10.2. The van der Waals surface area contributed by atoms with Gasteiger partial charge in [0.1, 0.15) is 0 Å². The third-order valence-corrected chi connectivity index (χ3v) is 7.53. The van der Waals surface area contributed by atoms with Crippen molar-refractivity contribution in [1.29, 1.82) is 0 Å². The number of hydrogen-bond donors (Lipinski definition) is 0. The second-order valence-corrected chi connectivity index (χ2v) is 10.1. The van der Waals surface area contributed by atoms with E-state index in [4.69, 9.17) is 4.98 Å². The molecule has 0 saturated heterocycles. The number of nitrogens with zero attached hydrogens (tertiary/aromatic N) is 4. The summed E-state index contributed by atoms with van der Waals surface area (Å²) in [6, 6.07) is 16.7. The molecule has 0 N–H and O–H groups in total. The highest BCUT2D eigenvalue weighted by atomic mass is 16.1. The van der Waals surface area contributed by atoms with Crippen LogP contribution in [0.2, 0.25) is 0 Å². The van der Waals surface area contributed by atoms with Crippen LogP contribution in [0.5, 0.6) is 0 Å². The third-order valence-electron chi connectivity index (χ3n) is 7.53. The van der Waals surface area contributed by atoms with E-state index >= 15 is 0 Å². The first-order valence-corrected chi connectivity index (χ1v) is 12.9. The van der Waals surface area contributed by atoms with Gasteiger partial charge in [-0.3, -0.25) is 19.2 Å². The summed E-state index contributed by atoms with van der Waals surface area (Å²) in [4.78, 5) is 23.5. The van der Waals surface area contributed by atoms with Crippen LogP contribution in [-0.4, -0.2) is 27.7 Å². The highest BCUT2D eigenvalue weighted by molar-refractivity contribution is 5.60. The fourth-order valence-corrected chi connectivity index (χ4v) is 5.20. The number of fused-ring (bicyclic) bond motifs is 1. The zero-order valence-corrected chi connectivity index (χ0v) is 21.3. The number of allylic oxidation sites excluding steroid dienone is 1. The Hall–Kier alpha value is -3.18. The van der Waals surface area contributed by atoms with Gasteiger partial charge in [-0.2, -0.15) is 0 Å². The average Bonchev–Trinajstić information content (AvgIpc) is 2.88. The van der Waals surface area contributed by atoms with Crippen LogP contribution in [0, 0.1) is 20.8 Å². The largest absolute Gasteiger partial charge is 0.298 e. The highest BCUT2D eigenvalue weighted by Crippen LogP contribution is 2.30. The Kier molecular flexibility index (Phi) is 6.87. The zero-order chi connectivity index (χ0) is 24.4. The molecule has 0 amide bonds. The molecule has 5 rings (SSSR count). The van der Waals surface area contributed by atoms with E-state index in [2.05, 4.69) is 60.1 Å². The Labute approximate surface area is 208 Å². The van der Waals surface area contributed by atoms with E-state index in [9.17, 15) is 4.79 Å². The Morgan fingerprint density at radius 1 is 0.943 bits per heavy atom. The van der Waals surface area contributed by atoms with Crippen molar-refractivity contribution < 1.29 is 0 Å². The molecule has 0 fully saturated rings. The summed E-state index contributed by atoms with van der Waals surface area (Å²) < 4.78 is 1.89. The van der Waals surface area contributed by atoms with Crippen LogP contribution in [0.25, 0.3) is 0 Å². The molecule has 5 heteroatoms. The van der Waals surface area contributed by atoms with E-state index in [1.807, 2.05) is 29.7 Å². The van der Waals surface area contributed by atoms with Crippen molar-refractivity contribution in [3.63, 3.8) is 0 Å². The molecule has 35 heavy (non-hydrogen) atoms. The SMILES string of the molecule is Cc1ccc(N2CN(CCC3=CCCCC3)Cn3c2nc(C)c(Cc2ccccc2)c3=O)cc1C. The fourth-order valence-electron chi connectivity index (χ4n) is 5.20. The summed E-state index contributed by atoms with van der Waals surface area (Å²) in [5.74, 6) is 0.751. The topological polar surface area (TPSA) is 41.4 Å². The van der Waals surface area contributed by atoms with Gasteiger partial charge in [-0.25, -0.2) is 4.98 Å². The first-order valence-electron chi connectivity index (χ1n) is 12.9. The molecule has 0 bridgehead atoms. The van der Waals surface area contributed by atoms with E-state index in [-0.39, 0.29) is 5.56 Å². The maximum Gasteiger partial charge on any atom is 0.259 e. The van der Waals surface area contributed by atoms with E-state index in [1.165, 1.54) is 36.8 Å². The van der Waals surface area contributed by atoms with Gasteiger partial charge < -0.3 is 0 Å². The molecule has 0 unspecified atom stereocenters. The smallest absolute Gasteiger partial charge is 0.259 e. The average molecular weight is 469 g/mol. The lowest BCUT2D eigenvalue weighted by Crippen LogP contribution is -2.48. The number of aryl methyl sites for hydroxylation is 3. The van der Waals surface area contributed by atoms with Crippen molar-refractivity contribution in [2.24, 2.45) is 0 Å². The fraction of sp³-hybridized carbons (Fsp3) is 0.400. The Morgan fingerprint density at radius 3 is 2.51 bits per heavy atom. The lowest BCUT2D eigenvalue weighted by molar-refractivity contribution is 0.199. The molecular weight excluding hydrogens is 432 g/mol. The summed E-state index contributed by atoms with van der Waals surface area (Å²) in [5.41, 5.74) is 8.00. The number of aromatic nitrogens is 2. The second-order valence-electron chi connectivity index (χ2n) is 10.1. The summed E-state index contributed by atoms with van der Waals surface area (Å²) in [6.07, 6.45) is 9.14. The van der Waals surface area contributed by atoms with Crippen LogP contribution in [0.15, 0.2) is 65.0 Å². The Bertz CT molecular complexity index is 1290. The van der Waals surface area contributed by atoms with Gasteiger partial charge in [-0.1, -0.05) is 48.0 Å². The molecule has 0 saturated carbocycles. The van der Waals surface area contributed by atoms with Crippen LogP contribution in [0.4, 0.5) is 11.6 Å². The van der Waals surface area contributed by atoms with Gasteiger partial charge in [0.25, 0.3) is 5.56 Å². The number of benzene rings is 2. The van der Waals surface area contributed by atoms with E-state index in [0.717, 1.165) is 48.1 Å². The van der Waals surface area contributed by atoms with Crippen molar-refractivity contribution in [3.8, 4) is 0 Å². The first kappa shape index (κ1) is 23.6. The molecule has 2 aromatic carbocycles. The van der Waals surface area contributed by atoms with Gasteiger partial charge in [-0.05, 0) is 81.7 Å². The molecule has 0 radical (unpaired) electrons. The maximum absolute atomic E-state index is 13.8. The summed E-state index contributed by atoms with van der Waals surface area (Å²) in [5, 5.41) is 0. The Balaban J connectivity index is 1.52. The molecule has 1 aliphatic heterocycles. The molecule has 1 aromatic heterocycles. The molecular formula is C30H36N4O. The molecule has 5 nitrogen and oxygen atoms in total. The maximum atomic E-state index is 13.8. The van der Waals surface area contributed by atoms with Crippen molar-refractivity contribution in [2.75, 3.05) is 18.1 Å². The van der Waals surface area contributed by atoms with Gasteiger partial charge >= 0.3 is 0 Å². The highest BCUT2D eigenvalue weighted by Gasteiger charge is 2.28. The van der Waals surface area contributed by atoms with Gasteiger partial charge in [0, 0.05) is 24.2 Å². The van der Waals surface area contributed by atoms with Crippen LogP contribution < -0.4 is 10.5 Å². The van der Waals surface area contributed by atoms with Gasteiger partial charge in [0.15, 0.2) is 0 Å². The van der Waals surface area contributed by atoms with E-state index < -0.39 is 0 Å². The number of anilines is 2. The van der Waals surface area contributed by atoms with Crippen molar-refractivity contribution in [1.82, 2.24) is 14.5 Å². The predicted molar refractivity (Wildman–Crippen MR) is 143 cm³/mol. The monoisotopic (exact) mass is 468 g/mol. The zero-order valence-electron chi connectivity index (χ0n) is 21.3. The Morgan fingerprint density at radius 2 is 1.77 bits per heavy atom. The first-order chi connectivity index (χ1) is 17.0. The molecule has 3 aromatic rings. The number of hydrogen-bond acceptors (Lipinski definition) is 4. The van der Waals surface area contributed by atoms with Crippen LogP contribution in [0.1, 0.15) is 60.1 Å². The quantitative estimate of drug-likeness (QED) is 0.415. The minimum absolute atomic E-state index is 0.0757. The van der Waals surface area contributed by atoms with Gasteiger partial charge in [-0.15, -0.1) is 0 Å². The minimum atomic E-state index is 0.0757. The van der Waals surface area contributed by atoms with Crippen molar-refractivity contribution in [2.45, 2.75) is 66.0 Å². The number of rotatable bonds is 6. The van der Waals surface area contributed by atoms with Crippen molar-refractivity contribution >= 4 is 11.6 Å².